The van der Waals surface area contributed by atoms with Crippen molar-refractivity contribution in [1.82, 2.24) is 4.90 Å². The zero-order valence-corrected chi connectivity index (χ0v) is 11.1. The van der Waals surface area contributed by atoms with E-state index in [1.165, 1.54) is 4.90 Å². The van der Waals surface area contributed by atoms with E-state index in [0.29, 0.717) is 12.3 Å². The van der Waals surface area contributed by atoms with Crippen LogP contribution in [0, 0.1) is 11.8 Å². The minimum absolute atomic E-state index is 0.248. The van der Waals surface area contributed by atoms with Crippen LogP contribution in [-0.4, -0.2) is 42.0 Å². The monoisotopic (exact) mass is 263 g/mol. The maximum absolute atomic E-state index is 12.4. The minimum atomic E-state index is -2.41. The number of aliphatic carboxylic acids is 1. The van der Waals surface area contributed by atoms with E-state index in [-0.39, 0.29) is 12.6 Å². The largest absolute Gasteiger partial charge is 0.481 e. The van der Waals surface area contributed by atoms with Crippen LogP contribution in [0.2, 0.25) is 0 Å². The molecule has 1 N–H and O–H groups in total. The van der Waals surface area contributed by atoms with Crippen molar-refractivity contribution in [3.05, 3.63) is 0 Å². The predicted molar refractivity (Wildman–Crippen MR) is 65.8 cm³/mol. The minimum Gasteiger partial charge on any atom is -0.481 e. The molecule has 0 radical (unpaired) electrons. The molecule has 0 spiro atoms. The number of nitrogens with zero attached hydrogens (tertiary/aromatic N) is 1. The van der Waals surface area contributed by atoms with Gasteiger partial charge in [-0.25, -0.2) is 8.78 Å². The molecule has 1 aliphatic rings. The molecule has 5 heteroatoms. The van der Waals surface area contributed by atoms with Crippen LogP contribution in [0.5, 0.6) is 0 Å². The Hall–Kier alpha value is -0.710. The van der Waals surface area contributed by atoms with Crippen molar-refractivity contribution in [1.29, 1.82) is 0 Å². The number of carboxylic acid groups (broad SMARTS) is 1. The molecule has 0 aromatic rings. The number of carbonyl (C=O) groups is 1. The van der Waals surface area contributed by atoms with Gasteiger partial charge in [-0.2, -0.15) is 0 Å². The molecule has 3 unspecified atom stereocenters. The van der Waals surface area contributed by atoms with Crippen LogP contribution in [-0.2, 0) is 4.79 Å². The molecule has 0 aromatic carbocycles. The van der Waals surface area contributed by atoms with Gasteiger partial charge in [0.1, 0.15) is 0 Å². The summed E-state index contributed by atoms with van der Waals surface area (Å²) in [5, 5.41) is 9.19. The molecule has 1 rings (SSSR count). The van der Waals surface area contributed by atoms with E-state index in [0.717, 1.165) is 25.7 Å². The third kappa shape index (κ3) is 4.19. The van der Waals surface area contributed by atoms with Crippen LogP contribution in [0.4, 0.5) is 8.78 Å². The SMILES string of the molecule is CCCC1CCC(C(=O)O)C(N(C)CC(F)F)C1. The lowest BCUT2D eigenvalue weighted by Gasteiger charge is -2.39. The van der Waals surface area contributed by atoms with E-state index in [1.807, 2.05) is 0 Å². The van der Waals surface area contributed by atoms with Crippen molar-refractivity contribution < 1.29 is 18.7 Å². The average Bonchev–Trinajstić information content (AvgIpc) is 2.28. The Morgan fingerprint density at radius 3 is 2.61 bits per heavy atom. The molecule has 106 valence electrons. The number of hydrogen-bond acceptors (Lipinski definition) is 2. The summed E-state index contributed by atoms with van der Waals surface area (Å²) >= 11 is 0. The summed E-state index contributed by atoms with van der Waals surface area (Å²) in [6.45, 7) is 1.76. The summed E-state index contributed by atoms with van der Waals surface area (Å²) in [6.07, 6.45) is 1.96. The van der Waals surface area contributed by atoms with Crippen LogP contribution in [0.3, 0.4) is 0 Å². The lowest BCUT2D eigenvalue weighted by atomic mass is 9.76. The quantitative estimate of drug-likeness (QED) is 0.801. The Morgan fingerprint density at radius 1 is 1.44 bits per heavy atom. The molecule has 0 aromatic heterocycles. The molecule has 1 aliphatic carbocycles. The van der Waals surface area contributed by atoms with Gasteiger partial charge in [0.25, 0.3) is 6.43 Å². The van der Waals surface area contributed by atoms with Gasteiger partial charge in [-0.05, 0) is 32.2 Å². The highest BCUT2D eigenvalue weighted by Gasteiger charge is 2.37. The molecule has 3 atom stereocenters. The van der Waals surface area contributed by atoms with Gasteiger partial charge in [0.15, 0.2) is 0 Å². The van der Waals surface area contributed by atoms with Crippen molar-refractivity contribution in [2.24, 2.45) is 11.8 Å². The Balaban J connectivity index is 2.68. The van der Waals surface area contributed by atoms with Crippen molar-refractivity contribution in [3.63, 3.8) is 0 Å². The maximum Gasteiger partial charge on any atom is 0.308 e. The first-order valence-corrected chi connectivity index (χ1v) is 6.66. The summed E-state index contributed by atoms with van der Waals surface area (Å²) in [7, 11) is 1.61. The number of halogens is 2. The lowest BCUT2D eigenvalue weighted by molar-refractivity contribution is -0.146. The van der Waals surface area contributed by atoms with E-state index < -0.39 is 18.3 Å². The van der Waals surface area contributed by atoms with Gasteiger partial charge in [0.05, 0.1) is 12.5 Å². The number of hydrogen-bond donors (Lipinski definition) is 1. The molecule has 3 nitrogen and oxygen atoms in total. The van der Waals surface area contributed by atoms with Crippen molar-refractivity contribution in [2.75, 3.05) is 13.6 Å². The Morgan fingerprint density at radius 2 is 2.11 bits per heavy atom. The molecule has 0 aliphatic heterocycles. The average molecular weight is 263 g/mol. The second-order valence-electron chi connectivity index (χ2n) is 5.31. The van der Waals surface area contributed by atoms with Gasteiger partial charge in [0, 0.05) is 6.04 Å². The van der Waals surface area contributed by atoms with E-state index >= 15 is 0 Å². The first-order chi connectivity index (χ1) is 8.45. The first kappa shape index (κ1) is 15.3. The number of carboxylic acids is 1. The fourth-order valence-corrected chi connectivity index (χ4v) is 3.03. The van der Waals surface area contributed by atoms with Gasteiger partial charge in [0.2, 0.25) is 0 Å². The Labute approximate surface area is 107 Å². The molecule has 0 bridgehead atoms. The topological polar surface area (TPSA) is 40.5 Å². The second kappa shape index (κ2) is 7.02. The molecule has 0 saturated heterocycles. The molecule has 18 heavy (non-hydrogen) atoms. The van der Waals surface area contributed by atoms with Crippen LogP contribution in [0.25, 0.3) is 0 Å². The van der Waals surface area contributed by atoms with Crippen molar-refractivity contribution in [3.8, 4) is 0 Å². The predicted octanol–water partition coefficient (Wildman–Crippen LogP) is 2.85. The summed E-state index contributed by atoms with van der Waals surface area (Å²) in [5.41, 5.74) is 0. The van der Waals surface area contributed by atoms with Crippen LogP contribution >= 0.6 is 0 Å². The smallest absolute Gasteiger partial charge is 0.308 e. The van der Waals surface area contributed by atoms with Crippen molar-refractivity contribution in [2.45, 2.75) is 51.5 Å². The summed E-state index contributed by atoms with van der Waals surface area (Å²) in [5.74, 6) is -0.867. The van der Waals surface area contributed by atoms with Crippen LogP contribution in [0.15, 0.2) is 0 Å². The van der Waals surface area contributed by atoms with Crippen LogP contribution < -0.4 is 0 Å². The molecule has 0 heterocycles. The maximum atomic E-state index is 12.4. The zero-order chi connectivity index (χ0) is 13.7. The summed E-state index contributed by atoms with van der Waals surface area (Å²) in [4.78, 5) is 12.7. The van der Waals surface area contributed by atoms with Gasteiger partial charge >= 0.3 is 5.97 Å². The number of rotatable bonds is 6. The van der Waals surface area contributed by atoms with Gasteiger partial charge < -0.3 is 5.11 Å². The van der Waals surface area contributed by atoms with E-state index in [9.17, 15) is 18.7 Å². The molecule has 1 saturated carbocycles. The molecule has 1 fully saturated rings. The van der Waals surface area contributed by atoms with E-state index in [4.69, 9.17) is 0 Å². The van der Waals surface area contributed by atoms with Gasteiger partial charge in [-0.15, -0.1) is 0 Å². The fourth-order valence-electron chi connectivity index (χ4n) is 3.03. The van der Waals surface area contributed by atoms with Crippen LogP contribution in [0.1, 0.15) is 39.0 Å². The third-order valence-electron chi connectivity index (χ3n) is 3.93. The van der Waals surface area contributed by atoms with E-state index in [1.54, 1.807) is 7.05 Å². The standard InChI is InChI=1S/C13H23F2NO2/c1-3-4-9-5-6-10(13(17)18)11(7-9)16(2)8-12(14)15/h9-12H,3-8H2,1-2H3,(H,17,18). The highest BCUT2D eigenvalue weighted by Crippen LogP contribution is 2.34. The van der Waals surface area contributed by atoms with Crippen molar-refractivity contribution >= 4 is 5.97 Å². The highest BCUT2D eigenvalue weighted by atomic mass is 19.3. The third-order valence-corrected chi connectivity index (χ3v) is 3.93. The van der Waals surface area contributed by atoms with Gasteiger partial charge in [-0.1, -0.05) is 19.8 Å². The first-order valence-electron chi connectivity index (χ1n) is 6.66. The lowest BCUT2D eigenvalue weighted by Crippen LogP contribution is -2.47. The summed E-state index contributed by atoms with van der Waals surface area (Å²) in [6, 6.07) is -0.248. The Kier molecular flexibility index (Phi) is 5.99. The van der Waals surface area contributed by atoms with Gasteiger partial charge in [-0.3, -0.25) is 9.69 Å². The normalized spacial score (nSPS) is 28.9. The molecular weight excluding hydrogens is 240 g/mol. The zero-order valence-electron chi connectivity index (χ0n) is 11.1. The molecule has 0 amide bonds. The fraction of sp³-hybridized carbons (Fsp3) is 0.923. The highest BCUT2D eigenvalue weighted by molar-refractivity contribution is 5.71. The Bertz CT molecular complexity index is 274. The van der Waals surface area contributed by atoms with E-state index in [2.05, 4.69) is 6.92 Å². The number of alkyl halides is 2. The second-order valence-corrected chi connectivity index (χ2v) is 5.31. The molecular formula is C13H23F2NO2. The summed E-state index contributed by atoms with van der Waals surface area (Å²) < 4.78 is 24.8.